The van der Waals surface area contributed by atoms with E-state index in [9.17, 15) is 22.8 Å². The lowest BCUT2D eigenvalue weighted by molar-refractivity contribution is -0.359. The molecule has 0 spiro atoms. The highest BCUT2D eigenvalue weighted by Gasteiger charge is 2.47. The van der Waals surface area contributed by atoms with Crippen LogP contribution in [0.1, 0.15) is 41.0 Å². The summed E-state index contributed by atoms with van der Waals surface area (Å²) >= 11 is 0. The van der Waals surface area contributed by atoms with Crippen LogP contribution >= 0.6 is 0 Å². The fourth-order valence-electron chi connectivity index (χ4n) is 2.16. The van der Waals surface area contributed by atoms with E-state index in [0.29, 0.717) is 6.42 Å². The van der Waals surface area contributed by atoms with Gasteiger partial charge in [-0.25, -0.2) is 4.79 Å². The minimum atomic E-state index is -4.73. The zero-order valence-electron chi connectivity index (χ0n) is 13.9. The van der Waals surface area contributed by atoms with Crippen LogP contribution in [0.25, 0.3) is 0 Å². The number of alkyl carbamates (subject to hydrolysis) is 1. The third-order valence-electron chi connectivity index (χ3n) is 3.37. The Morgan fingerprint density at radius 3 is 2.26 bits per heavy atom. The maximum absolute atomic E-state index is 12.3. The van der Waals surface area contributed by atoms with E-state index in [2.05, 4.69) is 10.1 Å². The number of hydrogen-bond donors (Lipinski definition) is 1. The van der Waals surface area contributed by atoms with Gasteiger partial charge in [0.25, 0.3) is 0 Å². The number of ether oxygens (including phenoxy) is 2. The van der Waals surface area contributed by atoms with Crippen molar-refractivity contribution in [2.24, 2.45) is 0 Å². The molecule has 0 bridgehead atoms. The Labute approximate surface area is 133 Å². The van der Waals surface area contributed by atoms with Gasteiger partial charge in [0.1, 0.15) is 17.7 Å². The molecule has 1 saturated heterocycles. The highest BCUT2D eigenvalue weighted by atomic mass is 19.4. The first-order chi connectivity index (χ1) is 10.3. The molecule has 1 heterocycles. The Bertz CT molecular complexity index is 448. The quantitative estimate of drug-likeness (QED) is 0.853. The van der Waals surface area contributed by atoms with Crippen molar-refractivity contribution in [3.8, 4) is 0 Å². The molecule has 3 atom stereocenters. The van der Waals surface area contributed by atoms with Crippen molar-refractivity contribution in [2.75, 3.05) is 6.54 Å². The number of likely N-dealkylation sites (tertiary alicyclic amines) is 1. The summed E-state index contributed by atoms with van der Waals surface area (Å²) in [4.78, 5) is 25.3. The number of carbonyl (C=O) groups excluding carboxylic acids is 2. The lowest BCUT2D eigenvalue weighted by Gasteiger charge is -2.47. The maximum Gasteiger partial charge on any atom is 0.522 e. The average Bonchev–Trinajstić information content (AvgIpc) is 2.36. The van der Waals surface area contributed by atoms with E-state index in [-0.39, 0.29) is 6.54 Å². The summed E-state index contributed by atoms with van der Waals surface area (Å²) in [6.45, 7) is 8.06. The van der Waals surface area contributed by atoms with Crippen molar-refractivity contribution in [2.45, 2.75) is 71.2 Å². The van der Waals surface area contributed by atoms with Crippen LogP contribution in [0, 0.1) is 0 Å². The monoisotopic (exact) mass is 340 g/mol. The standard InChI is InChI=1S/C14H23F3N2O4/c1-6-9(18-12(21)23-13(3,4)5)11(20)19-7-10(8(19)2)22-14(15,16)17/h8-10H,6-7H2,1-5H3,(H,18,21)/t8-,9+,10-/m0/s1. The van der Waals surface area contributed by atoms with E-state index in [4.69, 9.17) is 4.74 Å². The third kappa shape index (κ3) is 5.89. The topological polar surface area (TPSA) is 67.9 Å². The summed E-state index contributed by atoms with van der Waals surface area (Å²) in [5.74, 6) is -0.451. The van der Waals surface area contributed by atoms with Gasteiger partial charge < -0.3 is 15.0 Å². The number of halogens is 3. The van der Waals surface area contributed by atoms with Crippen LogP contribution in [0.2, 0.25) is 0 Å². The van der Waals surface area contributed by atoms with Gasteiger partial charge in [-0.2, -0.15) is 0 Å². The predicted molar refractivity (Wildman–Crippen MR) is 75.6 cm³/mol. The minimum absolute atomic E-state index is 0.161. The van der Waals surface area contributed by atoms with E-state index in [1.165, 1.54) is 11.8 Å². The van der Waals surface area contributed by atoms with E-state index >= 15 is 0 Å². The summed E-state index contributed by atoms with van der Waals surface area (Å²) in [6.07, 6.45) is -6.26. The van der Waals surface area contributed by atoms with Gasteiger partial charge in [0.05, 0.1) is 6.04 Å². The number of nitrogens with zero attached hydrogens (tertiary/aromatic N) is 1. The fourth-order valence-corrected chi connectivity index (χ4v) is 2.16. The van der Waals surface area contributed by atoms with Crippen molar-refractivity contribution in [1.29, 1.82) is 0 Å². The SMILES string of the molecule is CC[C@@H](NC(=O)OC(C)(C)C)C(=O)N1C[C@H](OC(F)(F)F)[C@@H]1C. The lowest BCUT2D eigenvalue weighted by Crippen LogP contribution is -2.66. The average molecular weight is 340 g/mol. The smallest absolute Gasteiger partial charge is 0.444 e. The second-order valence-corrected chi connectivity index (χ2v) is 6.44. The molecule has 9 heteroatoms. The van der Waals surface area contributed by atoms with E-state index in [1.807, 2.05) is 0 Å². The largest absolute Gasteiger partial charge is 0.522 e. The summed E-state index contributed by atoms with van der Waals surface area (Å²) in [5.41, 5.74) is -0.707. The summed E-state index contributed by atoms with van der Waals surface area (Å²) in [6, 6.07) is -1.56. The highest BCUT2D eigenvalue weighted by molar-refractivity contribution is 5.86. The van der Waals surface area contributed by atoms with Gasteiger partial charge in [-0.15, -0.1) is 13.2 Å². The Kier molecular flexibility index (Phi) is 5.89. The number of carbonyl (C=O) groups is 2. The Hall–Kier alpha value is -1.51. The molecule has 0 saturated carbocycles. The fraction of sp³-hybridized carbons (Fsp3) is 0.857. The second kappa shape index (κ2) is 6.94. The van der Waals surface area contributed by atoms with Gasteiger partial charge in [0.15, 0.2) is 0 Å². The maximum atomic E-state index is 12.3. The van der Waals surface area contributed by atoms with Crippen molar-refractivity contribution in [3.63, 3.8) is 0 Å². The molecule has 0 radical (unpaired) electrons. The molecule has 0 unspecified atom stereocenters. The van der Waals surface area contributed by atoms with Crippen LogP contribution < -0.4 is 5.32 Å². The van der Waals surface area contributed by atoms with Crippen molar-refractivity contribution < 1.29 is 32.2 Å². The molecule has 0 aromatic heterocycles. The van der Waals surface area contributed by atoms with Crippen molar-refractivity contribution in [3.05, 3.63) is 0 Å². The molecule has 0 aromatic rings. The molecule has 0 aliphatic carbocycles. The van der Waals surface area contributed by atoms with Gasteiger partial charge >= 0.3 is 12.5 Å². The predicted octanol–water partition coefficient (Wildman–Crippen LogP) is 2.43. The number of nitrogens with one attached hydrogen (secondary N) is 1. The van der Waals surface area contributed by atoms with E-state index in [0.717, 1.165) is 0 Å². The van der Waals surface area contributed by atoms with Crippen LogP contribution in [-0.4, -0.2) is 53.6 Å². The van der Waals surface area contributed by atoms with Gasteiger partial charge in [0.2, 0.25) is 5.91 Å². The molecular weight excluding hydrogens is 317 g/mol. The molecular formula is C14H23F3N2O4. The molecule has 6 nitrogen and oxygen atoms in total. The van der Waals surface area contributed by atoms with Gasteiger partial charge in [-0.05, 0) is 34.1 Å². The highest BCUT2D eigenvalue weighted by Crippen LogP contribution is 2.29. The minimum Gasteiger partial charge on any atom is -0.444 e. The van der Waals surface area contributed by atoms with Gasteiger partial charge in [0, 0.05) is 6.54 Å². The van der Waals surface area contributed by atoms with Crippen LogP contribution in [-0.2, 0) is 14.3 Å². The van der Waals surface area contributed by atoms with Crippen LogP contribution in [0.3, 0.4) is 0 Å². The molecule has 23 heavy (non-hydrogen) atoms. The molecule has 1 N–H and O–H groups in total. The lowest BCUT2D eigenvalue weighted by atomic mass is 9.99. The number of amides is 2. The molecule has 134 valence electrons. The molecule has 1 aliphatic rings. The Balaban J connectivity index is 2.57. The first kappa shape index (κ1) is 19.5. The third-order valence-corrected chi connectivity index (χ3v) is 3.37. The van der Waals surface area contributed by atoms with Crippen molar-refractivity contribution in [1.82, 2.24) is 10.2 Å². The Morgan fingerprint density at radius 1 is 1.30 bits per heavy atom. The number of alkyl halides is 3. The van der Waals surface area contributed by atoms with Crippen molar-refractivity contribution >= 4 is 12.0 Å². The summed E-state index contributed by atoms with van der Waals surface area (Å²) in [7, 11) is 0. The Morgan fingerprint density at radius 2 is 1.87 bits per heavy atom. The molecule has 2 amide bonds. The zero-order valence-corrected chi connectivity index (χ0v) is 13.9. The summed E-state index contributed by atoms with van der Waals surface area (Å²) < 4.78 is 45.5. The first-order valence-corrected chi connectivity index (χ1v) is 7.38. The van der Waals surface area contributed by atoms with E-state index < -0.39 is 42.2 Å². The first-order valence-electron chi connectivity index (χ1n) is 7.38. The van der Waals surface area contributed by atoms with Gasteiger partial charge in [-0.1, -0.05) is 6.92 Å². The normalized spacial score (nSPS) is 23.0. The van der Waals surface area contributed by atoms with Crippen LogP contribution in [0.5, 0.6) is 0 Å². The number of rotatable bonds is 4. The number of hydrogen-bond acceptors (Lipinski definition) is 4. The second-order valence-electron chi connectivity index (χ2n) is 6.44. The van der Waals surface area contributed by atoms with Gasteiger partial charge in [-0.3, -0.25) is 9.53 Å². The van der Waals surface area contributed by atoms with Crippen LogP contribution in [0.4, 0.5) is 18.0 Å². The molecule has 1 fully saturated rings. The summed E-state index contributed by atoms with van der Waals surface area (Å²) in [5, 5.41) is 2.44. The molecule has 1 aliphatic heterocycles. The van der Waals surface area contributed by atoms with Crippen LogP contribution in [0.15, 0.2) is 0 Å². The van der Waals surface area contributed by atoms with E-state index in [1.54, 1.807) is 27.7 Å². The molecule has 1 rings (SSSR count). The zero-order chi connectivity index (χ0) is 18.0. The molecule has 0 aromatic carbocycles.